The number of likely N-dealkylation sites (N-methyl/N-ethyl adjacent to an activating group) is 1. The van der Waals surface area contributed by atoms with Gasteiger partial charge < -0.3 is 16.4 Å². The van der Waals surface area contributed by atoms with Crippen molar-refractivity contribution in [2.45, 2.75) is 31.8 Å². The summed E-state index contributed by atoms with van der Waals surface area (Å²) in [6, 6.07) is 0. The zero-order valence-electron chi connectivity index (χ0n) is 11.1. The molecule has 7 nitrogen and oxygen atoms in total. The maximum absolute atomic E-state index is 12.1. The summed E-state index contributed by atoms with van der Waals surface area (Å²) >= 11 is 0. The minimum absolute atomic E-state index is 0.120. The van der Waals surface area contributed by atoms with Gasteiger partial charge in [-0.15, -0.1) is 0 Å². The molecular formula is C12H19N5O2. The van der Waals surface area contributed by atoms with E-state index in [0.29, 0.717) is 5.69 Å². The van der Waals surface area contributed by atoms with Crippen LogP contribution in [0.1, 0.15) is 19.8 Å². The molecule has 1 aromatic heterocycles. The van der Waals surface area contributed by atoms with Crippen molar-refractivity contribution in [1.82, 2.24) is 15.1 Å². The third-order valence-electron chi connectivity index (χ3n) is 3.39. The first-order valence-electron chi connectivity index (χ1n) is 6.27. The van der Waals surface area contributed by atoms with E-state index in [1.165, 1.54) is 10.9 Å². The number of aromatic nitrogens is 2. The number of nitrogens with one attached hydrogen (secondary N) is 2. The van der Waals surface area contributed by atoms with Gasteiger partial charge in [-0.25, -0.2) is 0 Å². The molecule has 0 spiro atoms. The van der Waals surface area contributed by atoms with Crippen molar-refractivity contribution in [2.24, 2.45) is 11.7 Å². The molecule has 104 valence electrons. The lowest BCUT2D eigenvalue weighted by Gasteiger charge is -2.22. The summed E-state index contributed by atoms with van der Waals surface area (Å²) in [5, 5.41) is 9.24. The van der Waals surface area contributed by atoms with Crippen LogP contribution in [0.15, 0.2) is 12.4 Å². The average molecular weight is 265 g/mol. The van der Waals surface area contributed by atoms with Gasteiger partial charge in [-0.05, 0) is 25.7 Å². The quantitative estimate of drug-likeness (QED) is 0.680. The smallest absolute Gasteiger partial charge is 0.244 e. The Morgan fingerprint density at radius 2 is 2.26 bits per heavy atom. The van der Waals surface area contributed by atoms with Gasteiger partial charge in [-0.1, -0.05) is 0 Å². The lowest BCUT2D eigenvalue weighted by atomic mass is 9.96. The van der Waals surface area contributed by atoms with Crippen LogP contribution in [0.4, 0.5) is 5.69 Å². The summed E-state index contributed by atoms with van der Waals surface area (Å²) in [6.45, 7) is 1.86. The standard InChI is InChI=1S/C12H19N5O2/c1-12(13,8-3-4-8)11(19)16-9-5-15-17(6-9)7-10(18)14-2/h5-6,8H,3-4,7,13H2,1-2H3,(H,14,18)(H,16,19). The molecular weight excluding hydrogens is 246 g/mol. The second-order valence-electron chi connectivity index (χ2n) is 5.11. The first-order chi connectivity index (χ1) is 8.93. The fourth-order valence-corrected chi connectivity index (χ4v) is 1.87. The highest BCUT2D eigenvalue weighted by atomic mass is 16.2. The summed E-state index contributed by atoms with van der Waals surface area (Å²) in [6.07, 6.45) is 5.10. The van der Waals surface area contributed by atoms with E-state index in [1.807, 2.05) is 0 Å². The fourth-order valence-electron chi connectivity index (χ4n) is 1.87. The van der Waals surface area contributed by atoms with E-state index >= 15 is 0 Å². The Bertz CT molecular complexity index is 490. The molecule has 0 aliphatic heterocycles. The Morgan fingerprint density at radius 1 is 1.58 bits per heavy atom. The molecule has 1 aliphatic carbocycles. The molecule has 0 bridgehead atoms. The lowest BCUT2D eigenvalue weighted by molar-refractivity contribution is -0.122. The molecule has 1 heterocycles. The van der Waals surface area contributed by atoms with E-state index in [1.54, 1.807) is 20.2 Å². The molecule has 1 saturated carbocycles. The topological polar surface area (TPSA) is 102 Å². The fraction of sp³-hybridized carbons (Fsp3) is 0.583. The molecule has 1 unspecified atom stereocenters. The van der Waals surface area contributed by atoms with E-state index in [0.717, 1.165) is 12.8 Å². The second-order valence-corrected chi connectivity index (χ2v) is 5.11. The Kier molecular flexibility index (Phi) is 3.57. The van der Waals surface area contributed by atoms with Crippen LogP contribution in [0.25, 0.3) is 0 Å². The van der Waals surface area contributed by atoms with Gasteiger partial charge in [0.2, 0.25) is 11.8 Å². The van der Waals surface area contributed by atoms with Crippen LogP contribution in [0.2, 0.25) is 0 Å². The van der Waals surface area contributed by atoms with Crippen LogP contribution in [0, 0.1) is 5.92 Å². The highest BCUT2D eigenvalue weighted by Gasteiger charge is 2.44. The van der Waals surface area contributed by atoms with E-state index in [4.69, 9.17) is 5.73 Å². The van der Waals surface area contributed by atoms with Gasteiger partial charge in [0.1, 0.15) is 6.54 Å². The number of rotatable bonds is 5. The number of carbonyl (C=O) groups is 2. The van der Waals surface area contributed by atoms with Crippen molar-refractivity contribution in [1.29, 1.82) is 0 Å². The number of hydrogen-bond donors (Lipinski definition) is 3. The van der Waals surface area contributed by atoms with Crippen LogP contribution in [0.5, 0.6) is 0 Å². The summed E-state index contributed by atoms with van der Waals surface area (Å²) in [4.78, 5) is 23.2. The molecule has 0 radical (unpaired) electrons. The van der Waals surface area contributed by atoms with Crippen molar-refractivity contribution in [3.05, 3.63) is 12.4 Å². The average Bonchev–Trinajstić information content (AvgIpc) is 3.13. The minimum atomic E-state index is -0.844. The molecule has 0 saturated heterocycles. The second kappa shape index (κ2) is 5.00. The molecule has 1 atom stereocenters. The van der Waals surface area contributed by atoms with Gasteiger partial charge in [0.25, 0.3) is 0 Å². The van der Waals surface area contributed by atoms with Gasteiger partial charge in [0.05, 0.1) is 17.4 Å². The summed E-state index contributed by atoms with van der Waals surface area (Å²) in [5.74, 6) is -0.106. The van der Waals surface area contributed by atoms with Crippen molar-refractivity contribution >= 4 is 17.5 Å². The zero-order valence-corrected chi connectivity index (χ0v) is 11.1. The van der Waals surface area contributed by atoms with E-state index in [-0.39, 0.29) is 24.3 Å². The molecule has 2 rings (SSSR count). The van der Waals surface area contributed by atoms with Gasteiger partial charge in [-0.2, -0.15) is 5.10 Å². The molecule has 1 aromatic rings. The number of anilines is 1. The van der Waals surface area contributed by atoms with Crippen LogP contribution >= 0.6 is 0 Å². The third kappa shape index (κ3) is 3.11. The van der Waals surface area contributed by atoms with Crippen LogP contribution in [-0.4, -0.2) is 34.2 Å². The van der Waals surface area contributed by atoms with Gasteiger partial charge in [0.15, 0.2) is 0 Å². The number of hydrogen-bond acceptors (Lipinski definition) is 4. The molecule has 4 N–H and O–H groups in total. The maximum Gasteiger partial charge on any atom is 0.244 e. The zero-order chi connectivity index (χ0) is 14.0. The number of nitrogens with zero attached hydrogens (tertiary/aromatic N) is 2. The normalized spacial score (nSPS) is 17.6. The lowest BCUT2D eigenvalue weighted by Crippen LogP contribution is -2.50. The maximum atomic E-state index is 12.1. The predicted molar refractivity (Wildman–Crippen MR) is 70.2 cm³/mol. The summed E-state index contributed by atoms with van der Waals surface area (Å²) in [5.41, 5.74) is 5.72. The number of amides is 2. The summed E-state index contributed by atoms with van der Waals surface area (Å²) in [7, 11) is 1.56. The predicted octanol–water partition coefficient (Wildman–Crippen LogP) is -0.305. The van der Waals surface area contributed by atoms with E-state index in [9.17, 15) is 9.59 Å². The van der Waals surface area contributed by atoms with Gasteiger partial charge >= 0.3 is 0 Å². The Morgan fingerprint density at radius 3 is 2.84 bits per heavy atom. The first kappa shape index (κ1) is 13.5. The number of carbonyl (C=O) groups excluding carboxylic acids is 2. The van der Waals surface area contributed by atoms with Crippen LogP contribution in [0.3, 0.4) is 0 Å². The van der Waals surface area contributed by atoms with Crippen molar-refractivity contribution in [2.75, 3.05) is 12.4 Å². The van der Waals surface area contributed by atoms with Gasteiger partial charge in [-0.3, -0.25) is 14.3 Å². The Balaban J connectivity index is 1.96. The van der Waals surface area contributed by atoms with Crippen molar-refractivity contribution < 1.29 is 9.59 Å². The molecule has 2 amide bonds. The van der Waals surface area contributed by atoms with Crippen molar-refractivity contribution in [3.63, 3.8) is 0 Å². The highest BCUT2D eigenvalue weighted by Crippen LogP contribution is 2.38. The third-order valence-corrected chi connectivity index (χ3v) is 3.39. The Labute approximate surface area is 111 Å². The molecule has 7 heteroatoms. The molecule has 1 aliphatic rings. The van der Waals surface area contributed by atoms with Gasteiger partial charge in [0, 0.05) is 13.2 Å². The Hall–Kier alpha value is -1.89. The summed E-state index contributed by atoms with van der Waals surface area (Å²) < 4.78 is 1.46. The molecule has 1 fully saturated rings. The highest BCUT2D eigenvalue weighted by molar-refractivity contribution is 5.98. The first-order valence-corrected chi connectivity index (χ1v) is 6.27. The molecule has 19 heavy (non-hydrogen) atoms. The van der Waals surface area contributed by atoms with Crippen LogP contribution < -0.4 is 16.4 Å². The van der Waals surface area contributed by atoms with E-state index in [2.05, 4.69) is 15.7 Å². The van der Waals surface area contributed by atoms with Crippen LogP contribution in [-0.2, 0) is 16.1 Å². The van der Waals surface area contributed by atoms with Crippen molar-refractivity contribution in [3.8, 4) is 0 Å². The number of nitrogens with two attached hydrogens (primary N) is 1. The van der Waals surface area contributed by atoms with E-state index < -0.39 is 5.54 Å². The largest absolute Gasteiger partial charge is 0.358 e. The SMILES string of the molecule is CNC(=O)Cn1cc(NC(=O)C(C)(N)C2CC2)cn1. The molecule has 0 aromatic carbocycles. The minimum Gasteiger partial charge on any atom is -0.358 e. The monoisotopic (exact) mass is 265 g/mol.